The molecule has 74 valence electrons. The van der Waals surface area contributed by atoms with Crippen LogP contribution < -0.4 is 0 Å². The summed E-state index contributed by atoms with van der Waals surface area (Å²) in [5.41, 5.74) is 0.954. The highest BCUT2D eigenvalue weighted by atomic mass is 35.5. The summed E-state index contributed by atoms with van der Waals surface area (Å²) in [6.45, 7) is 6.31. The molecule has 0 aliphatic rings. The van der Waals surface area contributed by atoms with Gasteiger partial charge in [-0.25, -0.2) is 9.97 Å². The molecule has 5 heteroatoms. The lowest BCUT2D eigenvalue weighted by Crippen LogP contribution is -2.11. The highest BCUT2D eigenvalue weighted by Gasteiger charge is 2.22. The number of aromatic nitrogens is 3. The molecular formula is C9H10ClN3S. The second-order valence-corrected chi connectivity index (χ2v) is 5.24. The van der Waals surface area contributed by atoms with Gasteiger partial charge in [0.1, 0.15) is 16.3 Å². The van der Waals surface area contributed by atoms with Crippen LogP contribution in [0.2, 0.25) is 5.15 Å². The molecule has 0 unspecified atom stereocenters. The van der Waals surface area contributed by atoms with E-state index < -0.39 is 0 Å². The van der Waals surface area contributed by atoms with Gasteiger partial charge in [-0.05, 0) is 11.5 Å². The maximum Gasteiger partial charge on any atom is 0.148 e. The maximum atomic E-state index is 6.03. The summed E-state index contributed by atoms with van der Waals surface area (Å²) in [5, 5.41) is 1.39. The van der Waals surface area contributed by atoms with E-state index in [2.05, 4.69) is 35.1 Å². The van der Waals surface area contributed by atoms with Crippen LogP contribution in [-0.2, 0) is 5.41 Å². The van der Waals surface area contributed by atoms with Crippen molar-refractivity contribution in [3.63, 3.8) is 0 Å². The van der Waals surface area contributed by atoms with E-state index in [4.69, 9.17) is 11.6 Å². The minimum Gasteiger partial charge on any atom is -0.224 e. The van der Waals surface area contributed by atoms with Gasteiger partial charge in [0.15, 0.2) is 0 Å². The van der Waals surface area contributed by atoms with E-state index in [-0.39, 0.29) is 5.41 Å². The molecule has 0 saturated carbocycles. The first-order valence-corrected chi connectivity index (χ1v) is 5.41. The van der Waals surface area contributed by atoms with Crippen molar-refractivity contribution in [3.05, 3.63) is 17.2 Å². The number of fused-ring (bicyclic) bond motifs is 1. The lowest BCUT2D eigenvalue weighted by Gasteiger charge is -2.15. The van der Waals surface area contributed by atoms with Gasteiger partial charge in [-0.3, -0.25) is 0 Å². The van der Waals surface area contributed by atoms with Gasteiger partial charge in [-0.1, -0.05) is 32.4 Å². The molecule has 2 aromatic rings. The molecule has 0 aliphatic heterocycles. The number of hydrogen-bond donors (Lipinski definition) is 0. The third kappa shape index (κ3) is 1.48. The Kier molecular flexibility index (Phi) is 2.20. The molecule has 14 heavy (non-hydrogen) atoms. The quantitative estimate of drug-likeness (QED) is 0.650. The molecule has 3 nitrogen and oxygen atoms in total. The first-order valence-electron chi connectivity index (χ1n) is 4.26. The van der Waals surface area contributed by atoms with Crippen molar-refractivity contribution in [1.29, 1.82) is 0 Å². The summed E-state index contributed by atoms with van der Waals surface area (Å²) in [6.07, 6.45) is 1.47. The smallest absolute Gasteiger partial charge is 0.148 e. The monoisotopic (exact) mass is 227 g/mol. The predicted molar refractivity (Wildman–Crippen MR) is 58.9 cm³/mol. The van der Waals surface area contributed by atoms with Gasteiger partial charge < -0.3 is 0 Å². The van der Waals surface area contributed by atoms with Crippen molar-refractivity contribution in [2.45, 2.75) is 26.2 Å². The molecule has 2 heterocycles. The highest BCUT2D eigenvalue weighted by molar-refractivity contribution is 7.13. The lowest BCUT2D eigenvalue weighted by atomic mass is 9.91. The van der Waals surface area contributed by atoms with Crippen molar-refractivity contribution in [1.82, 2.24) is 14.3 Å². The predicted octanol–water partition coefficient (Wildman–Crippen LogP) is 3.04. The van der Waals surface area contributed by atoms with Gasteiger partial charge in [-0.2, -0.15) is 4.37 Å². The molecular weight excluding hydrogens is 218 g/mol. The van der Waals surface area contributed by atoms with Crippen LogP contribution in [0.25, 0.3) is 10.2 Å². The fraction of sp³-hybridized carbons (Fsp3) is 0.444. The fourth-order valence-corrected chi connectivity index (χ4v) is 2.46. The maximum absolute atomic E-state index is 6.03. The average Bonchev–Trinajstić information content (AvgIpc) is 2.47. The standard InChI is InChI=1S/C9H10ClN3S/c1-9(2,3)6-5-7(10)11-4-12-8(5)14-13-6/h4H,1-3H3. The zero-order valence-corrected chi connectivity index (χ0v) is 9.78. The molecule has 0 atom stereocenters. The summed E-state index contributed by atoms with van der Waals surface area (Å²) in [5.74, 6) is 0. The van der Waals surface area contributed by atoms with E-state index in [9.17, 15) is 0 Å². The van der Waals surface area contributed by atoms with Crippen LogP contribution in [0, 0.1) is 0 Å². The normalized spacial score (nSPS) is 12.3. The molecule has 0 bridgehead atoms. The van der Waals surface area contributed by atoms with Crippen LogP contribution in [0.4, 0.5) is 0 Å². The molecule has 0 spiro atoms. The van der Waals surface area contributed by atoms with E-state index in [0.717, 1.165) is 15.9 Å². The molecule has 0 aromatic carbocycles. The molecule has 0 N–H and O–H groups in total. The minimum atomic E-state index is -0.0212. The number of rotatable bonds is 0. The Morgan fingerprint density at radius 2 is 2.00 bits per heavy atom. The minimum absolute atomic E-state index is 0.0212. The van der Waals surface area contributed by atoms with Crippen molar-refractivity contribution in [2.24, 2.45) is 0 Å². The van der Waals surface area contributed by atoms with Crippen LogP contribution >= 0.6 is 23.1 Å². The van der Waals surface area contributed by atoms with Crippen LogP contribution in [-0.4, -0.2) is 14.3 Å². The number of nitrogens with zero attached hydrogens (tertiary/aromatic N) is 3. The first-order chi connectivity index (χ1) is 6.50. The molecule has 0 fully saturated rings. The molecule has 0 radical (unpaired) electrons. The van der Waals surface area contributed by atoms with Crippen molar-refractivity contribution in [2.75, 3.05) is 0 Å². The largest absolute Gasteiger partial charge is 0.224 e. The Labute approximate surface area is 91.3 Å². The third-order valence-electron chi connectivity index (χ3n) is 1.94. The van der Waals surface area contributed by atoms with Crippen molar-refractivity contribution in [3.8, 4) is 0 Å². The van der Waals surface area contributed by atoms with Crippen LogP contribution in [0.5, 0.6) is 0 Å². The summed E-state index contributed by atoms with van der Waals surface area (Å²) in [7, 11) is 0. The average molecular weight is 228 g/mol. The number of hydrogen-bond acceptors (Lipinski definition) is 4. The summed E-state index contributed by atoms with van der Waals surface area (Å²) in [4.78, 5) is 8.97. The van der Waals surface area contributed by atoms with Crippen LogP contribution in [0.3, 0.4) is 0 Å². The summed E-state index contributed by atoms with van der Waals surface area (Å²) in [6, 6.07) is 0. The van der Waals surface area contributed by atoms with E-state index in [1.165, 1.54) is 17.9 Å². The van der Waals surface area contributed by atoms with E-state index >= 15 is 0 Å². The van der Waals surface area contributed by atoms with E-state index in [0.29, 0.717) is 5.15 Å². The Bertz CT molecular complexity index is 472. The van der Waals surface area contributed by atoms with Gasteiger partial charge in [0.25, 0.3) is 0 Å². The SMILES string of the molecule is CC(C)(C)c1nsc2ncnc(Cl)c12. The zero-order valence-electron chi connectivity index (χ0n) is 8.21. The van der Waals surface area contributed by atoms with Gasteiger partial charge in [0.2, 0.25) is 0 Å². The van der Waals surface area contributed by atoms with Gasteiger partial charge >= 0.3 is 0 Å². The molecule has 2 rings (SSSR count). The zero-order chi connectivity index (χ0) is 10.3. The summed E-state index contributed by atoms with van der Waals surface area (Å²) >= 11 is 7.39. The van der Waals surface area contributed by atoms with Crippen molar-refractivity contribution >= 4 is 33.4 Å². The fourth-order valence-electron chi connectivity index (χ4n) is 1.26. The lowest BCUT2D eigenvalue weighted by molar-refractivity contribution is 0.581. The van der Waals surface area contributed by atoms with Crippen LogP contribution in [0.1, 0.15) is 26.5 Å². The second kappa shape index (κ2) is 3.14. The van der Waals surface area contributed by atoms with Crippen molar-refractivity contribution < 1.29 is 0 Å². The molecule has 0 aliphatic carbocycles. The van der Waals surface area contributed by atoms with Gasteiger partial charge in [0.05, 0.1) is 11.1 Å². The molecule has 0 saturated heterocycles. The summed E-state index contributed by atoms with van der Waals surface area (Å²) < 4.78 is 4.38. The van der Waals surface area contributed by atoms with Gasteiger partial charge in [-0.15, -0.1) is 0 Å². The third-order valence-corrected chi connectivity index (χ3v) is 2.98. The Hall–Kier alpha value is -0.740. The van der Waals surface area contributed by atoms with E-state index in [1.54, 1.807) is 0 Å². The van der Waals surface area contributed by atoms with Gasteiger partial charge in [0, 0.05) is 5.41 Å². The Morgan fingerprint density at radius 3 is 2.64 bits per heavy atom. The number of halogens is 1. The van der Waals surface area contributed by atoms with Crippen LogP contribution in [0.15, 0.2) is 6.33 Å². The first kappa shape index (κ1) is 9.80. The Balaban J connectivity index is 2.80. The topological polar surface area (TPSA) is 38.7 Å². The highest BCUT2D eigenvalue weighted by Crippen LogP contribution is 2.33. The van der Waals surface area contributed by atoms with E-state index in [1.807, 2.05) is 0 Å². The molecule has 2 aromatic heterocycles. The Morgan fingerprint density at radius 1 is 1.29 bits per heavy atom. The molecule has 0 amide bonds. The second-order valence-electron chi connectivity index (χ2n) is 4.13.